The van der Waals surface area contributed by atoms with Crippen molar-refractivity contribution in [3.05, 3.63) is 17.5 Å². The van der Waals surface area contributed by atoms with E-state index in [1.807, 2.05) is 0 Å². The molecule has 0 unspecified atom stereocenters. The highest BCUT2D eigenvalue weighted by Gasteiger charge is 2.06. The molecule has 1 aromatic heterocycles. The summed E-state index contributed by atoms with van der Waals surface area (Å²) in [6.07, 6.45) is -0.784. The lowest BCUT2D eigenvalue weighted by molar-refractivity contribution is 0.255. The molecule has 0 saturated heterocycles. The molecule has 0 atom stereocenters. The Bertz CT molecular complexity index is 202. The molecule has 0 radical (unpaired) electrons. The molecular weight excluding hydrogens is 139 g/mol. The number of aromatic amines is 1. The normalized spacial score (nSPS) is 10.3. The second kappa shape index (κ2) is 2.76. The molecule has 0 fully saturated rings. The lowest BCUT2D eigenvalue weighted by Gasteiger charge is -1.90. The Labute approximate surface area is 56.3 Å². The number of H-pyrrole nitrogens is 1. The fraction of sp³-hybridized carbons (Fsp3) is 0.400. The van der Waals surface area contributed by atoms with Gasteiger partial charge < -0.3 is 15.2 Å². The van der Waals surface area contributed by atoms with E-state index in [4.69, 9.17) is 10.2 Å². The van der Waals surface area contributed by atoms with Crippen LogP contribution in [0.4, 0.5) is 4.39 Å². The van der Waals surface area contributed by atoms with Gasteiger partial charge >= 0.3 is 0 Å². The van der Waals surface area contributed by atoms with Crippen LogP contribution >= 0.6 is 0 Å². The maximum absolute atomic E-state index is 12.2. The third-order valence-electron chi connectivity index (χ3n) is 1.14. The standard InChI is InChI=1S/C5H7FN2O2/c6-5-7-3(1-9)4(2-10)8-5/h9-10H,1-2H2,(H,7,8). The van der Waals surface area contributed by atoms with Gasteiger partial charge in [-0.1, -0.05) is 0 Å². The largest absolute Gasteiger partial charge is 0.390 e. The summed E-state index contributed by atoms with van der Waals surface area (Å²) >= 11 is 0. The molecule has 0 bridgehead atoms. The van der Waals surface area contributed by atoms with Crippen molar-refractivity contribution in [1.82, 2.24) is 9.97 Å². The summed E-state index contributed by atoms with van der Waals surface area (Å²) in [4.78, 5) is 5.43. The van der Waals surface area contributed by atoms with Crippen molar-refractivity contribution < 1.29 is 14.6 Å². The molecule has 0 aromatic carbocycles. The monoisotopic (exact) mass is 146 g/mol. The maximum Gasteiger partial charge on any atom is 0.287 e. The van der Waals surface area contributed by atoms with Gasteiger partial charge in [0.1, 0.15) is 0 Å². The van der Waals surface area contributed by atoms with Crippen LogP contribution in [-0.4, -0.2) is 20.2 Å². The Balaban J connectivity index is 2.96. The Hall–Kier alpha value is -0.940. The fourth-order valence-corrected chi connectivity index (χ4v) is 0.672. The van der Waals surface area contributed by atoms with E-state index in [9.17, 15) is 4.39 Å². The highest BCUT2D eigenvalue weighted by Crippen LogP contribution is 2.04. The number of aliphatic hydroxyl groups excluding tert-OH is 2. The van der Waals surface area contributed by atoms with Crippen LogP contribution in [0.5, 0.6) is 0 Å². The Morgan fingerprint density at radius 2 is 2.10 bits per heavy atom. The smallest absolute Gasteiger partial charge is 0.287 e. The fourth-order valence-electron chi connectivity index (χ4n) is 0.672. The molecule has 0 aliphatic carbocycles. The predicted molar refractivity (Wildman–Crippen MR) is 30.4 cm³/mol. The predicted octanol–water partition coefficient (Wildman–Crippen LogP) is -0.467. The molecule has 0 aliphatic heterocycles. The summed E-state index contributed by atoms with van der Waals surface area (Å²) in [5.41, 5.74) is 0.375. The third kappa shape index (κ3) is 1.14. The van der Waals surface area contributed by atoms with Crippen molar-refractivity contribution in [3.63, 3.8) is 0 Å². The summed E-state index contributed by atoms with van der Waals surface area (Å²) in [7, 11) is 0. The minimum Gasteiger partial charge on any atom is -0.390 e. The molecule has 4 nitrogen and oxygen atoms in total. The lowest BCUT2D eigenvalue weighted by atomic mass is 10.3. The Kier molecular flexibility index (Phi) is 1.98. The van der Waals surface area contributed by atoms with Crippen LogP contribution in [-0.2, 0) is 13.2 Å². The van der Waals surface area contributed by atoms with Gasteiger partial charge in [0.15, 0.2) is 0 Å². The molecular formula is C5H7FN2O2. The lowest BCUT2D eigenvalue weighted by Crippen LogP contribution is -1.91. The molecule has 0 aliphatic rings. The van der Waals surface area contributed by atoms with E-state index >= 15 is 0 Å². The summed E-state index contributed by atoms with van der Waals surface area (Å²) < 4.78 is 12.2. The third-order valence-corrected chi connectivity index (χ3v) is 1.14. The number of aliphatic hydroxyl groups is 2. The van der Waals surface area contributed by atoms with Gasteiger partial charge in [-0.2, -0.15) is 4.39 Å². The molecule has 0 spiro atoms. The topological polar surface area (TPSA) is 69.1 Å². The zero-order valence-corrected chi connectivity index (χ0v) is 5.13. The van der Waals surface area contributed by atoms with E-state index in [0.29, 0.717) is 0 Å². The number of rotatable bonds is 2. The molecule has 5 heteroatoms. The zero-order valence-electron chi connectivity index (χ0n) is 5.13. The number of hydrogen-bond donors (Lipinski definition) is 3. The second-order valence-electron chi connectivity index (χ2n) is 1.77. The van der Waals surface area contributed by atoms with Gasteiger partial charge in [-0.05, 0) is 0 Å². The van der Waals surface area contributed by atoms with Gasteiger partial charge in [0, 0.05) is 0 Å². The number of halogens is 1. The molecule has 0 amide bonds. The number of hydrogen-bond acceptors (Lipinski definition) is 3. The molecule has 56 valence electrons. The van der Waals surface area contributed by atoms with Crippen molar-refractivity contribution in [2.45, 2.75) is 13.2 Å². The van der Waals surface area contributed by atoms with Crippen molar-refractivity contribution >= 4 is 0 Å². The van der Waals surface area contributed by atoms with Crippen LogP contribution in [0.15, 0.2) is 0 Å². The first-order chi connectivity index (χ1) is 4.77. The molecule has 0 saturated carbocycles. The van der Waals surface area contributed by atoms with E-state index in [2.05, 4.69) is 9.97 Å². The highest BCUT2D eigenvalue weighted by atomic mass is 19.1. The summed E-state index contributed by atoms with van der Waals surface area (Å²) in [5.74, 6) is 0. The van der Waals surface area contributed by atoms with Gasteiger partial charge in [-0.3, -0.25) is 0 Å². The van der Waals surface area contributed by atoms with Crippen molar-refractivity contribution in [2.24, 2.45) is 0 Å². The molecule has 3 N–H and O–H groups in total. The van der Waals surface area contributed by atoms with Gasteiger partial charge in [0.05, 0.1) is 24.6 Å². The zero-order chi connectivity index (χ0) is 7.56. The summed E-state index contributed by atoms with van der Waals surface area (Å²) in [6.45, 7) is -0.705. The van der Waals surface area contributed by atoms with Gasteiger partial charge in [0.25, 0.3) is 6.08 Å². The van der Waals surface area contributed by atoms with Crippen LogP contribution < -0.4 is 0 Å². The highest BCUT2D eigenvalue weighted by molar-refractivity contribution is 5.08. The number of nitrogens with zero attached hydrogens (tertiary/aromatic N) is 1. The van der Waals surface area contributed by atoms with E-state index < -0.39 is 6.08 Å². The second-order valence-corrected chi connectivity index (χ2v) is 1.77. The van der Waals surface area contributed by atoms with E-state index in [1.165, 1.54) is 0 Å². The van der Waals surface area contributed by atoms with E-state index in [1.54, 1.807) is 0 Å². The van der Waals surface area contributed by atoms with Crippen LogP contribution in [0.25, 0.3) is 0 Å². The van der Waals surface area contributed by atoms with Crippen molar-refractivity contribution in [1.29, 1.82) is 0 Å². The molecule has 1 aromatic rings. The SMILES string of the molecule is OCc1nc(F)[nH]c1CO. The Morgan fingerprint density at radius 1 is 1.40 bits per heavy atom. The summed E-state index contributed by atoms with van der Waals surface area (Å²) in [6, 6.07) is 0. The minimum absolute atomic E-state index is 0.153. The first-order valence-corrected chi connectivity index (χ1v) is 2.73. The number of nitrogens with one attached hydrogen (secondary N) is 1. The molecule has 10 heavy (non-hydrogen) atoms. The van der Waals surface area contributed by atoms with Gasteiger partial charge in [0.2, 0.25) is 0 Å². The summed E-state index contributed by atoms with van der Waals surface area (Å²) in [5, 5.41) is 17.0. The van der Waals surface area contributed by atoms with Crippen molar-refractivity contribution in [3.8, 4) is 0 Å². The number of imidazole rings is 1. The van der Waals surface area contributed by atoms with E-state index in [0.717, 1.165) is 0 Å². The number of aromatic nitrogens is 2. The Morgan fingerprint density at radius 3 is 2.50 bits per heavy atom. The van der Waals surface area contributed by atoms with Gasteiger partial charge in [-0.15, -0.1) is 0 Å². The molecule has 1 rings (SSSR count). The van der Waals surface area contributed by atoms with Gasteiger partial charge in [-0.25, -0.2) is 4.98 Å². The van der Waals surface area contributed by atoms with Crippen LogP contribution in [0.2, 0.25) is 0 Å². The van der Waals surface area contributed by atoms with Crippen molar-refractivity contribution in [2.75, 3.05) is 0 Å². The van der Waals surface area contributed by atoms with Crippen LogP contribution in [0.1, 0.15) is 11.4 Å². The van der Waals surface area contributed by atoms with E-state index in [-0.39, 0.29) is 24.6 Å². The average molecular weight is 146 g/mol. The van der Waals surface area contributed by atoms with Crippen LogP contribution in [0.3, 0.4) is 0 Å². The molecule has 1 heterocycles. The first kappa shape index (κ1) is 7.17. The maximum atomic E-state index is 12.2. The van der Waals surface area contributed by atoms with Crippen LogP contribution in [0, 0.1) is 6.08 Å². The quantitative estimate of drug-likeness (QED) is 0.528. The first-order valence-electron chi connectivity index (χ1n) is 2.73. The minimum atomic E-state index is -0.784. The average Bonchev–Trinajstić information content (AvgIpc) is 2.30.